The number of aliphatic hydroxyl groups is 1. The van der Waals surface area contributed by atoms with E-state index >= 15 is 0 Å². The molecule has 1 saturated heterocycles. The Morgan fingerprint density at radius 1 is 1.42 bits per heavy atom. The van der Waals surface area contributed by atoms with E-state index in [1.807, 2.05) is 0 Å². The Balaban J connectivity index is 2.11. The SMILES string of the molecule is CN1C(=O)/C(=C\c2ccc(C(=O)N[C@H](CO)C(=O)[O-])cc2)SC1=S. The van der Waals surface area contributed by atoms with Crippen LogP contribution in [-0.2, 0) is 9.59 Å². The second-order valence-electron chi connectivity index (χ2n) is 4.89. The Bertz CT molecular complexity index is 730. The van der Waals surface area contributed by atoms with Crippen molar-refractivity contribution in [2.45, 2.75) is 6.04 Å². The molecule has 0 aromatic heterocycles. The van der Waals surface area contributed by atoms with Crippen LogP contribution in [0.25, 0.3) is 6.08 Å². The van der Waals surface area contributed by atoms with E-state index in [-0.39, 0.29) is 11.5 Å². The number of amides is 2. The number of carbonyl (C=O) groups is 3. The fourth-order valence-electron chi connectivity index (χ4n) is 1.85. The maximum Gasteiger partial charge on any atom is 0.265 e. The zero-order valence-corrected chi connectivity index (χ0v) is 14.1. The van der Waals surface area contributed by atoms with Crippen molar-refractivity contribution in [2.24, 2.45) is 0 Å². The highest BCUT2D eigenvalue weighted by Gasteiger charge is 2.28. The molecule has 0 unspecified atom stereocenters. The van der Waals surface area contributed by atoms with E-state index in [1.165, 1.54) is 28.8 Å². The van der Waals surface area contributed by atoms with Gasteiger partial charge in [0.2, 0.25) is 0 Å². The molecule has 1 fully saturated rings. The monoisotopic (exact) mass is 365 g/mol. The fraction of sp³-hybridized carbons (Fsp3) is 0.200. The van der Waals surface area contributed by atoms with Crippen molar-refractivity contribution in [3.8, 4) is 0 Å². The van der Waals surface area contributed by atoms with Gasteiger partial charge in [-0.25, -0.2) is 0 Å². The van der Waals surface area contributed by atoms with E-state index < -0.39 is 24.5 Å². The first-order valence-electron chi connectivity index (χ1n) is 6.77. The van der Waals surface area contributed by atoms with E-state index in [4.69, 9.17) is 17.3 Å². The van der Waals surface area contributed by atoms with E-state index in [1.54, 1.807) is 25.3 Å². The summed E-state index contributed by atoms with van der Waals surface area (Å²) < 4.78 is 0.472. The predicted molar refractivity (Wildman–Crippen MR) is 90.7 cm³/mol. The first kappa shape index (κ1) is 18.1. The van der Waals surface area contributed by atoms with Crippen molar-refractivity contribution in [3.63, 3.8) is 0 Å². The zero-order chi connectivity index (χ0) is 17.9. The molecule has 2 rings (SSSR count). The summed E-state index contributed by atoms with van der Waals surface area (Å²) in [6, 6.07) is 4.73. The minimum absolute atomic E-state index is 0.188. The molecule has 0 aliphatic carbocycles. The number of hydrogen-bond donors (Lipinski definition) is 2. The van der Waals surface area contributed by atoms with Gasteiger partial charge >= 0.3 is 0 Å². The van der Waals surface area contributed by atoms with Crippen molar-refractivity contribution in [2.75, 3.05) is 13.7 Å². The van der Waals surface area contributed by atoms with Crippen LogP contribution in [0.3, 0.4) is 0 Å². The lowest BCUT2D eigenvalue weighted by atomic mass is 10.1. The van der Waals surface area contributed by atoms with Gasteiger partial charge in [-0.3, -0.25) is 14.5 Å². The summed E-state index contributed by atoms with van der Waals surface area (Å²) in [4.78, 5) is 36.4. The van der Waals surface area contributed by atoms with Crippen molar-refractivity contribution in [1.29, 1.82) is 0 Å². The number of thiocarbonyl (C=S) groups is 1. The Labute approximate surface area is 147 Å². The van der Waals surface area contributed by atoms with Gasteiger partial charge in [-0.15, -0.1) is 0 Å². The molecule has 1 aliphatic rings. The van der Waals surface area contributed by atoms with Gasteiger partial charge in [-0.1, -0.05) is 36.1 Å². The highest BCUT2D eigenvalue weighted by Crippen LogP contribution is 2.31. The lowest BCUT2D eigenvalue weighted by molar-refractivity contribution is -0.308. The van der Waals surface area contributed by atoms with Crippen LogP contribution in [0.2, 0.25) is 0 Å². The van der Waals surface area contributed by atoms with Gasteiger partial charge in [0.25, 0.3) is 11.8 Å². The molecule has 1 heterocycles. The van der Waals surface area contributed by atoms with Crippen LogP contribution in [-0.4, -0.2) is 51.8 Å². The van der Waals surface area contributed by atoms with Gasteiger partial charge in [0.1, 0.15) is 4.32 Å². The number of thioether (sulfide) groups is 1. The normalized spacial score (nSPS) is 17.2. The number of carboxylic acid groups (broad SMARTS) is 1. The number of nitrogens with one attached hydrogen (secondary N) is 1. The lowest BCUT2D eigenvalue weighted by Crippen LogP contribution is -2.50. The summed E-state index contributed by atoms with van der Waals surface area (Å²) in [7, 11) is 1.60. The van der Waals surface area contributed by atoms with Crippen LogP contribution < -0.4 is 10.4 Å². The van der Waals surface area contributed by atoms with Crippen LogP contribution in [0.5, 0.6) is 0 Å². The maximum absolute atomic E-state index is 11.9. The minimum Gasteiger partial charge on any atom is -0.548 e. The molecule has 2 amide bonds. The smallest absolute Gasteiger partial charge is 0.265 e. The summed E-state index contributed by atoms with van der Waals surface area (Å²) in [6.45, 7) is -0.759. The molecular formula is C15H13N2O5S2-. The molecule has 7 nitrogen and oxygen atoms in total. The van der Waals surface area contributed by atoms with Crippen molar-refractivity contribution in [1.82, 2.24) is 10.2 Å². The predicted octanol–water partition coefficient (Wildman–Crippen LogP) is -0.642. The number of benzene rings is 1. The van der Waals surface area contributed by atoms with Gasteiger partial charge in [-0.05, 0) is 23.8 Å². The molecule has 1 aromatic carbocycles. The Hall–Kier alpha value is -2.23. The van der Waals surface area contributed by atoms with E-state index in [9.17, 15) is 19.5 Å². The summed E-state index contributed by atoms with van der Waals surface area (Å²) in [5.74, 6) is -2.40. The second-order valence-corrected chi connectivity index (χ2v) is 6.57. The lowest BCUT2D eigenvalue weighted by Gasteiger charge is -2.16. The third-order valence-corrected chi connectivity index (χ3v) is 4.71. The summed E-state index contributed by atoms with van der Waals surface area (Å²) in [6.07, 6.45) is 1.65. The van der Waals surface area contributed by atoms with Crippen LogP contribution in [0.1, 0.15) is 15.9 Å². The van der Waals surface area contributed by atoms with Crippen LogP contribution in [0, 0.1) is 0 Å². The summed E-state index contributed by atoms with van der Waals surface area (Å²) in [5, 5.41) is 21.7. The quantitative estimate of drug-likeness (QED) is 0.527. The van der Waals surface area contributed by atoms with Crippen LogP contribution in [0.15, 0.2) is 29.2 Å². The molecule has 1 aliphatic heterocycles. The number of likely N-dealkylation sites (N-methyl/N-ethyl adjacent to an activating group) is 1. The topological polar surface area (TPSA) is 110 Å². The molecule has 126 valence electrons. The molecule has 0 spiro atoms. The van der Waals surface area contributed by atoms with E-state index in [2.05, 4.69) is 5.32 Å². The van der Waals surface area contributed by atoms with Crippen LogP contribution >= 0.6 is 24.0 Å². The van der Waals surface area contributed by atoms with Gasteiger partial charge in [0.15, 0.2) is 0 Å². The van der Waals surface area contributed by atoms with Gasteiger partial charge < -0.3 is 20.3 Å². The molecular weight excluding hydrogens is 352 g/mol. The third-order valence-electron chi connectivity index (χ3n) is 3.23. The molecule has 0 radical (unpaired) electrons. The summed E-state index contributed by atoms with van der Waals surface area (Å²) in [5.41, 5.74) is 0.911. The number of nitrogens with zero attached hydrogens (tertiary/aromatic N) is 1. The molecule has 1 atom stereocenters. The molecule has 1 aromatic rings. The minimum atomic E-state index is -1.57. The Morgan fingerprint density at radius 3 is 2.50 bits per heavy atom. The molecule has 2 N–H and O–H groups in total. The highest BCUT2D eigenvalue weighted by molar-refractivity contribution is 8.26. The van der Waals surface area contributed by atoms with Crippen molar-refractivity contribution < 1.29 is 24.6 Å². The number of carbonyl (C=O) groups excluding carboxylic acids is 3. The van der Waals surface area contributed by atoms with Gasteiger partial charge in [0.05, 0.1) is 23.5 Å². The van der Waals surface area contributed by atoms with Crippen molar-refractivity contribution >= 4 is 52.2 Å². The number of hydrogen-bond acceptors (Lipinski definition) is 7. The van der Waals surface area contributed by atoms with Gasteiger partial charge in [-0.2, -0.15) is 0 Å². The average Bonchev–Trinajstić information content (AvgIpc) is 2.79. The molecule has 9 heteroatoms. The second kappa shape index (κ2) is 7.56. The van der Waals surface area contributed by atoms with Gasteiger partial charge in [0, 0.05) is 12.6 Å². The largest absolute Gasteiger partial charge is 0.548 e. The number of carboxylic acids is 1. The maximum atomic E-state index is 11.9. The first-order valence-corrected chi connectivity index (χ1v) is 8.00. The fourth-order valence-corrected chi connectivity index (χ4v) is 3.03. The Kier molecular flexibility index (Phi) is 5.71. The molecule has 0 bridgehead atoms. The molecule has 24 heavy (non-hydrogen) atoms. The zero-order valence-electron chi connectivity index (χ0n) is 12.5. The number of rotatable bonds is 5. The summed E-state index contributed by atoms with van der Waals surface area (Å²) >= 11 is 6.23. The number of aliphatic carboxylic acids is 1. The van der Waals surface area contributed by atoms with E-state index in [0.29, 0.717) is 14.8 Å². The third kappa shape index (κ3) is 3.99. The van der Waals surface area contributed by atoms with Crippen molar-refractivity contribution in [3.05, 3.63) is 40.3 Å². The van der Waals surface area contributed by atoms with E-state index in [0.717, 1.165) is 0 Å². The standard InChI is InChI=1S/C15H14N2O5S2/c1-17-13(20)11(24-15(17)23)6-8-2-4-9(5-3-8)12(19)16-10(7-18)14(21)22/h2-6,10,18H,7H2,1H3,(H,16,19)(H,21,22)/p-1/b11-6+/t10-/m1/s1. The number of aliphatic hydroxyl groups excluding tert-OH is 1. The van der Waals surface area contributed by atoms with Crippen LogP contribution in [0.4, 0.5) is 0 Å². The molecule has 0 saturated carbocycles. The Morgan fingerprint density at radius 2 is 2.04 bits per heavy atom. The average molecular weight is 365 g/mol. The highest BCUT2D eigenvalue weighted by atomic mass is 32.2. The first-order chi connectivity index (χ1) is 11.3.